The number of nitrogens with zero attached hydrogens (tertiary/aromatic N) is 1. The molecule has 1 aliphatic rings. The van der Waals surface area contributed by atoms with Crippen LogP contribution in [0.25, 0.3) is 0 Å². The van der Waals surface area contributed by atoms with Gasteiger partial charge in [-0.3, -0.25) is 10.0 Å². The predicted molar refractivity (Wildman–Crippen MR) is 171 cm³/mol. The average molecular weight is 687 g/mol. The highest BCUT2D eigenvalue weighted by molar-refractivity contribution is 9.10. The first-order chi connectivity index (χ1) is 21.3. The molecule has 0 aliphatic carbocycles. The summed E-state index contributed by atoms with van der Waals surface area (Å²) in [4.78, 5) is 12.6. The maximum absolute atomic E-state index is 11.4. The molecule has 0 saturated carbocycles. The van der Waals surface area contributed by atoms with Gasteiger partial charge in [-0.15, -0.1) is 16.8 Å². The van der Waals surface area contributed by atoms with E-state index in [1.165, 1.54) is 6.92 Å². The number of amides is 1. The molecule has 1 saturated heterocycles. The number of rotatable bonds is 12. The molecule has 2 unspecified atom stereocenters. The number of ether oxygens (including phenoxy) is 6. The first-order valence-corrected chi connectivity index (χ1v) is 15.7. The number of thioether (sulfide) groups is 1. The number of benzene rings is 3. The molecule has 0 spiro atoms. The highest BCUT2D eigenvalue weighted by Crippen LogP contribution is 2.46. The summed E-state index contributed by atoms with van der Waals surface area (Å²) in [5.41, 5.74) is 2.72. The molecule has 44 heavy (non-hydrogen) atoms. The van der Waals surface area contributed by atoms with Crippen molar-refractivity contribution in [2.24, 2.45) is 0 Å². The van der Waals surface area contributed by atoms with Crippen molar-refractivity contribution in [3.8, 4) is 40.7 Å². The molecule has 1 aliphatic heterocycles. The molecule has 4 rings (SSSR count). The Morgan fingerprint density at radius 1 is 0.977 bits per heavy atom. The van der Waals surface area contributed by atoms with Crippen molar-refractivity contribution in [2.75, 3.05) is 47.4 Å². The van der Waals surface area contributed by atoms with Crippen molar-refractivity contribution in [1.29, 1.82) is 0 Å². The summed E-state index contributed by atoms with van der Waals surface area (Å²) in [5, 5.41) is 10.1. The number of methoxy groups -OCH3 is 4. The Kier molecular flexibility index (Phi) is 12.1. The van der Waals surface area contributed by atoms with Crippen molar-refractivity contribution in [1.82, 2.24) is 5.06 Å². The quantitative estimate of drug-likeness (QED) is 0.0562. The van der Waals surface area contributed by atoms with Crippen LogP contribution in [0.5, 0.6) is 28.7 Å². The number of halogens is 1. The second-order valence-electron chi connectivity index (χ2n) is 9.87. The minimum atomic E-state index is -0.564. The summed E-state index contributed by atoms with van der Waals surface area (Å²) in [6.45, 7) is 2.17. The van der Waals surface area contributed by atoms with Crippen LogP contribution in [0.3, 0.4) is 0 Å². The van der Waals surface area contributed by atoms with E-state index < -0.39 is 5.91 Å². The third-order valence-electron chi connectivity index (χ3n) is 7.08. The molecule has 1 N–H and O–H groups in total. The smallest absolute Gasteiger partial charge is 0.255 e. The van der Waals surface area contributed by atoms with Crippen LogP contribution in [0.4, 0.5) is 0 Å². The molecule has 3 aromatic rings. The molecule has 0 aromatic heterocycles. The molecule has 1 fully saturated rings. The zero-order valence-electron chi connectivity index (χ0n) is 25.3. The molecule has 0 radical (unpaired) electrons. The number of hydrogen-bond acceptors (Lipinski definition) is 9. The summed E-state index contributed by atoms with van der Waals surface area (Å²) < 4.78 is 35.9. The van der Waals surface area contributed by atoms with Gasteiger partial charge in [0, 0.05) is 46.0 Å². The van der Waals surface area contributed by atoms with Crippen LogP contribution in [0, 0.1) is 12.0 Å². The minimum Gasteiger partial charge on any atom is -0.493 e. The first kappa shape index (κ1) is 33.3. The van der Waals surface area contributed by atoms with Gasteiger partial charge in [0.1, 0.15) is 0 Å². The van der Waals surface area contributed by atoms with Crippen LogP contribution >= 0.6 is 27.7 Å². The van der Waals surface area contributed by atoms with Gasteiger partial charge < -0.3 is 28.4 Å². The number of hydrogen-bond donors (Lipinski definition) is 1. The Morgan fingerprint density at radius 2 is 1.61 bits per heavy atom. The Balaban J connectivity index is 1.57. The largest absolute Gasteiger partial charge is 0.493 e. The van der Waals surface area contributed by atoms with Crippen LogP contribution in [0.1, 0.15) is 42.1 Å². The summed E-state index contributed by atoms with van der Waals surface area (Å²) in [6.07, 6.45) is 0.757. The lowest BCUT2D eigenvalue weighted by Gasteiger charge is -2.19. The van der Waals surface area contributed by atoms with Gasteiger partial charge in [0.25, 0.3) is 5.91 Å². The van der Waals surface area contributed by atoms with E-state index >= 15 is 0 Å². The molecule has 234 valence electrons. The third kappa shape index (κ3) is 8.33. The predicted octanol–water partition coefficient (Wildman–Crippen LogP) is 6.64. The molecular formula is C33H36BrNO8S. The summed E-state index contributed by atoms with van der Waals surface area (Å²) in [6, 6.07) is 18.4. The Hall–Kier alpha value is -3.56. The molecule has 0 bridgehead atoms. The zero-order chi connectivity index (χ0) is 31.6. The Morgan fingerprint density at radius 3 is 2.23 bits per heavy atom. The molecule has 11 heteroatoms. The lowest BCUT2D eigenvalue weighted by molar-refractivity contribution is -0.149. The van der Waals surface area contributed by atoms with E-state index in [0.29, 0.717) is 53.4 Å². The molecule has 1 heterocycles. The van der Waals surface area contributed by atoms with E-state index in [9.17, 15) is 10.0 Å². The Bertz CT molecular complexity index is 1480. The highest BCUT2D eigenvalue weighted by Gasteiger charge is 2.31. The van der Waals surface area contributed by atoms with Crippen LogP contribution in [-0.2, 0) is 16.0 Å². The van der Waals surface area contributed by atoms with Crippen molar-refractivity contribution in [3.63, 3.8) is 0 Å². The van der Waals surface area contributed by atoms with Gasteiger partial charge in [0.05, 0.1) is 47.8 Å². The maximum Gasteiger partial charge on any atom is 0.255 e. The molecule has 3 aromatic carbocycles. The first-order valence-electron chi connectivity index (χ1n) is 13.9. The van der Waals surface area contributed by atoms with E-state index in [1.54, 1.807) is 40.2 Å². The standard InChI is InChI=1S/C33H36BrNO8S/c1-21(36)35(37)12-6-7-22-15-23(16-29(38-2)32(22)42-13-14-44-27-10-8-26(34)9-11-27)25-19-28(43-20-25)24-17-30(39-3)33(41-5)31(18-24)40-4/h8-11,15-18,25,28,37H,7,13-14,19-20H2,1-5H3. The lowest BCUT2D eigenvalue weighted by Crippen LogP contribution is -2.18. The van der Waals surface area contributed by atoms with Gasteiger partial charge in [0.2, 0.25) is 5.75 Å². The number of hydroxylamine groups is 2. The van der Waals surface area contributed by atoms with Gasteiger partial charge in [-0.2, -0.15) is 0 Å². The SMILES string of the molecule is COc1cc(C2COC(c3cc(OC)c(OC)c(OC)c3)C2)cc(CC#CN(O)C(C)=O)c1OCCSc1ccc(Br)cc1. The van der Waals surface area contributed by atoms with E-state index in [-0.39, 0.29) is 18.4 Å². The fourth-order valence-electron chi connectivity index (χ4n) is 4.87. The Labute approximate surface area is 270 Å². The van der Waals surface area contributed by atoms with Crippen molar-refractivity contribution >= 4 is 33.6 Å². The topological polar surface area (TPSA) is 95.9 Å². The number of carbonyl (C=O) groups excluding carboxylic acids is 1. The normalized spacial score (nSPS) is 15.6. The van der Waals surface area contributed by atoms with Gasteiger partial charge in [0.15, 0.2) is 23.0 Å². The van der Waals surface area contributed by atoms with Crippen LogP contribution in [0.15, 0.2) is 57.9 Å². The lowest BCUT2D eigenvalue weighted by atomic mass is 9.91. The van der Waals surface area contributed by atoms with Gasteiger partial charge in [-0.05, 0) is 60.0 Å². The number of carbonyl (C=O) groups is 1. The molecule has 9 nitrogen and oxygen atoms in total. The summed E-state index contributed by atoms with van der Waals surface area (Å²) >= 11 is 5.15. The summed E-state index contributed by atoms with van der Waals surface area (Å²) in [7, 11) is 6.36. The van der Waals surface area contributed by atoms with E-state index in [0.717, 1.165) is 31.8 Å². The second-order valence-corrected chi connectivity index (χ2v) is 12.0. The third-order valence-corrected chi connectivity index (χ3v) is 8.58. The molecule has 2 atom stereocenters. The average Bonchev–Trinajstić information content (AvgIpc) is 3.53. The fraction of sp³-hybridized carbons (Fsp3) is 0.364. The van der Waals surface area contributed by atoms with Gasteiger partial charge in [-0.1, -0.05) is 27.9 Å². The fourth-order valence-corrected chi connectivity index (χ4v) is 5.86. The monoisotopic (exact) mass is 685 g/mol. The van der Waals surface area contributed by atoms with E-state index in [4.69, 9.17) is 28.4 Å². The van der Waals surface area contributed by atoms with Gasteiger partial charge >= 0.3 is 0 Å². The van der Waals surface area contributed by atoms with Crippen molar-refractivity contribution in [2.45, 2.75) is 36.7 Å². The van der Waals surface area contributed by atoms with Crippen molar-refractivity contribution < 1.29 is 38.4 Å². The zero-order valence-corrected chi connectivity index (χ0v) is 27.7. The highest BCUT2D eigenvalue weighted by atomic mass is 79.9. The molecule has 1 amide bonds. The second kappa shape index (κ2) is 16.0. The van der Waals surface area contributed by atoms with E-state index in [1.807, 2.05) is 36.4 Å². The van der Waals surface area contributed by atoms with Crippen molar-refractivity contribution in [3.05, 3.63) is 69.7 Å². The van der Waals surface area contributed by atoms with Crippen LogP contribution in [-0.4, -0.2) is 63.6 Å². The maximum atomic E-state index is 11.4. The van der Waals surface area contributed by atoms with Crippen LogP contribution < -0.4 is 23.7 Å². The molecular weight excluding hydrogens is 650 g/mol. The summed E-state index contributed by atoms with van der Waals surface area (Å²) in [5.74, 6) is 5.92. The van der Waals surface area contributed by atoms with E-state index in [2.05, 4.69) is 40.0 Å². The van der Waals surface area contributed by atoms with Crippen LogP contribution in [0.2, 0.25) is 0 Å². The minimum absolute atomic E-state index is 0.0632. The van der Waals surface area contributed by atoms with Gasteiger partial charge in [-0.25, -0.2) is 0 Å².